The molecule has 2 N–H and O–H groups in total. The number of amides is 4. The Morgan fingerprint density at radius 2 is 1.90 bits per heavy atom. The molecule has 1 aliphatic heterocycles. The van der Waals surface area contributed by atoms with Crippen molar-refractivity contribution >= 4 is 35.6 Å². The average Bonchev–Trinajstić information content (AvgIpc) is 2.69. The zero-order valence-corrected chi connectivity index (χ0v) is 16.2. The third-order valence-electron chi connectivity index (χ3n) is 4.21. The fourth-order valence-corrected chi connectivity index (χ4v) is 2.86. The van der Waals surface area contributed by atoms with E-state index in [1.54, 1.807) is 18.2 Å². The molecule has 0 aromatic heterocycles. The minimum Gasteiger partial charge on any atom is -0.493 e. The predicted octanol–water partition coefficient (Wildman–Crippen LogP) is 2.13. The number of carboxylic acid groups (broad SMARTS) is 1. The van der Waals surface area contributed by atoms with Crippen molar-refractivity contribution in [1.29, 1.82) is 0 Å². The molecule has 2 aromatic rings. The Hall–Kier alpha value is -4.14. The smallest absolute Gasteiger partial charge is 0.341 e. The van der Waals surface area contributed by atoms with Gasteiger partial charge in [-0.3, -0.25) is 14.9 Å². The molecule has 0 radical (unpaired) electrons. The van der Waals surface area contributed by atoms with Gasteiger partial charge >= 0.3 is 12.0 Å². The monoisotopic (exact) mass is 410 g/mol. The fourth-order valence-electron chi connectivity index (χ4n) is 2.86. The van der Waals surface area contributed by atoms with Gasteiger partial charge in [-0.05, 0) is 48.4 Å². The van der Waals surface area contributed by atoms with E-state index in [0.29, 0.717) is 11.3 Å². The molecule has 1 heterocycles. The largest absolute Gasteiger partial charge is 0.493 e. The highest BCUT2D eigenvalue weighted by molar-refractivity contribution is 6.39. The zero-order valence-electron chi connectivity index (χ0n) is 16.2. The molecule has 9 heteroatoms. The van der Waals surface area contributed by atoms with Crippen LogP contribution in [0.3, 0.4) is 0 Å². The molecular formula is C21H18N2O7. The van der Waals surface area contributed by atoms with Gasteiger partial charge in [-0.1, -0.05) is 18.2 Å². The number of benzene rings is 2. The summed E-state index contributed by atoms with van der Waals surface area (Å²) in [6, 6.07) is 10.4. The van der Waals surface area contributed by atoms with Gasteiger partial charge in [0, 0.05) is 0 Å². The molecule has 4 amide bonds. The average molecular weight is 410 g/mol. The van der Waals surface area contributed by atoms with Crippen molar-refractivity contribution in [3.8, 4) is 11.5 Å². The lowest BCUT2D eigenvalue weighted by Gasteiger charge is -2.26. The number of methoxy groups -OCH3 is 1. The van der Waals surface area contributed by atoms with Crippen LogP contribution in [0.1, 0.15) is 11.1 Å². The number of nitrogens with zero attached hydrogens (tertiary/aromatic N) is 1. The van der Waals surface area contributed by atoms with Crippen LogP contribution in [0, 0.1) is 6.92 Å². The molecule has 154 valence electrons. The summed E-state index contributed by atoms with van der Waals surface area (Å²) in [5.74, 6) is -2.31. The van der Waals surface area contributed by atoms with Gasteiger partial charge in [0.1, 0.15) is 5.57 Å². The van der Waals surface area contributed by atoms with E-state index in [0.717, 1.165) is 10.5 Å². The van der Waals surface area contributed by atoms with Crippen molar-refractivity contribution in [3.63, 3.8) is 0 Å². The van der Waals surface area contributed by atoms with Gasteiger partial charge < -0.3 is 14.6 Å². The van der Waals surface area contributed by atoms with E-state index in [9.17, 15) is 19.2 Å². The number of aliphatic carboxylic acids is 1. The lowest BCUT2D eigenvalue weighted by atomic mass is 10.1. The topological polar surface area (TPSA) is 122 Å². The van der Waals surface area contributed by atoms with E-state index in [1.807, 2.05) is 13.0 Å². The summed E-state index contributed by atoms with van der Waals surface area (Å²) in [6.45, 7) is 1.27. The molecule has 2 aromatic carbocycles. The summed E-state index contributed by atoms with van der Waals surface area (Å²) in [4.78, 5) is 49.0. The highest BCUT2D eigenvalue weighted by atomic mass is 16.5. The molecule has 0 bridgehead atoms. The van der Waals surface area contributed by atoms with E-state index in [-0.39, 0.29) is 17.1 Å². The number of carboxylic acids is 1. The first-order chi connectivity index (χ1) is 14.3. The number of hydrogen-bond donors (Lipinski definition) is 2. The molecule has 3 rings (SSSR count). The standard InChI is InChI=1S/C21H18N2O7/c1-12-4-3-5-14(8-12)23-20(27)15(19(26)22-21(23)28)9-13-6-7-16(17(10-13)29-2)30-11-18(24)25/h3-10H,11H2,1-2H3,(H,24,25)(H,22,26,28). The van der Waals surface area contributed by atoms with Crippen molar-refractivity contribution in [1.82, 2.24) is 5.32 Å². The number of barbiturate groups is 1. The number of aryl methyl sites for hydroxylation is 1. The number of hydrogen-bond acceptors (Lipinski definition) is 6. The van der Waals surface area contributed by atoms with Crippen molar-refractivity contribution in [3.05, 3.63) is 59.2 Å². The van der Waals surface area contributed by atoms with Crippen LogP contribution in [-0.2, 0) is 14.4 Å². The van der Waals surface area contributed by atoms with Gasteiger partial charge in [0.2, 0.25) is 0 Å². The summed E-state index contributed by atoms with van der Waals surface area (Å²) >= 11 is 0. The minimum atomic E-state index is -1.14. The first-order valence-corrected chi connectivity index (χ1v) is 8.81. The van der Waals surface area contributed by atoms with Gasteiger partial charge in [-0.15, -0.1) is 0 Å². The zero-order chi connectivity index (χ0) is 21.8. The maximum atomic E-state index is 12.9. The van der Waals surface area contributed by atoms with Crippen LogP contribution >= 0.6 is 0 Å². The lowest BCUT2D eigenvalue weighted by Crippen LogP contribution is -2.54. The number of carbonyl (C=O) groups is 4. The molecule has 1 fully saturated rings. The normalized spacial score (nSPS) is 15.2. The fraction of sp³-hybridized carbons (Fsp3) is 0.143. The van der Waals surface area contributed by atoms with Crippen LogP contribution in [-0.4, -0.2) is 42.6 Å². The first kappa shape index (κ1) is 20.6. The van der Waals surface area contributed by atoms with Crippen molar-refractivity contribution < 1.29 is 33.8 Å². The quantitative estimate of drug-likeness (QED) is 0.552. The molecule has 0 saturated carbocycles. The Morgan fingerprint density at radius 3 is 2.57 bits per heavy atom. The SMILES string of the molecule is COc1cc(C=C2C(=O)NC(=O)N(c3cccc(C)c3)C2=O)ccc1OCC(=O)O. The Morgan fingerprint density at radius 1 is 1.13 bits per heavy atom. The van der Waals surface area contributed by atoms with Crippen molar-refractivity contribution in [2.45, 2.75) is 6.92 Å². The number of imide groups is 2. The number of ether oxygens (including phenoxy) is 2. The van der Waals surface area contributed by atoms with E-state index in [2.05, 4.69) is 5.32 Å². The summed E-state index contributed by atoms with van der Waals surface area (Å²) in [6.07, 6.45) is 1.32. The molecule has 0 spiro atoms. The van der Waals surface area contributed by atoms with E-state index in [1.165, 1.54) is 31.4 Å². The van der Waals surface area contributed by atoms with Crippen LogP contribution in [0.25, 0.3) is 6.08 Å². The molecule has 9 nitrogen and oxygen atoms in total. The summed E-state index contributed by atoms with van der Waals surface area (Å²) in [5.41, 5.74) is 1.37. The van der Waals surface area contributed by atoms with E-state index in [4.69, 9.17) is 14.6 Å². The van der Waals surface area contributed by atoms with Crippen LogP contribution in [0.5, 0.6) is 11.5 Å². The third-order valence-corrected chi connectivity index (χ3v) is 4.21. The molecule has 1 saturated heterocycles. The predicted molar refractivity (Wildman–Crippen MR) is 106 cm³/mol. The van der Waals surface area contributed by atoms with Gasteiger partial charge in [0.25, 0.3) is 11.8 Å². The molecular weight excluding hydrogens is 392 g/mol. The lowest BCUT2D eigenvalue weighted by molar-refractivity contribution is -0.139. The Bertz CT molecular complexity index is 1070. The molecule has 1 aliphatic rings. The van der Waals surface area contributed by atoms with Gasteiger partial charge in [-0.2, -0.15) is 0 Å². The molecule has 0 unspecified atom stereocenters. The van der Waals surface area contributed by atoms with Crippen molar-refractivity contribution in [2.24, 2.45) is 0 Å². The highest BCUT2D eigenvalue weighted by Gasteiger charge is 2.36. The Labute approximate surface area is 171 Å². The number of urea groups is 1. The maximum Gasteiger partial charge on any atom is 0.341 e. The second-order valence-corrected chi connectivity index (χ2v) is 6.39. The summed E-state index contributed by atoms with van der Waals surface area (Å²) in [7, 11) is 1.37. The van der Waals surface area contributed by atoms with E-state index >= 15 is 0 Å². The highest BCUT2D eigenvalue weighted by Crippen LogP contribution is 2.30. The van der Waals surface area contributed by atoms with Crippen molar-refractivity contribution in [2.75, 3.05) is 18.6 Å². The van der Waals surface area contributed by atoms with Gasteiger partial charge in [0.15, 0.2) is 18.1 Å². The minimum absolute atomic E-state index is 0.193. The summed E-state index contributed by atoms with van der Waals surface area (Å²) in [5, 5.41) is 10.9. The van der Waals surface area contributed by atoms with Crippen LogP contribution in [0.4, 0.5) is 10.5 Å². The Kier molecular flexibility index (Phi) is 5.82. The second kappa shape index (κ2) is 8.48. The number of rotatable bonds is 6. The first-order valence-electron chi connectivity index (χ1n) is 8.81. The molecule has 0 atom stereocenters. The third kappa shape index (κ3) is 4.30. The number of anilines is 1. The van der Waals surface area contributed by atoms with Gasteiger partial charge in [0.05, 0.1) is 12.8 Å². The van der Waals surface area contributed by atoms with Crippen LogP contribution in [0.15, 0.2) is 48.0 Å². The number of nitrogens with one attached hydrogen (secondary N) is 1. The molecule has 0 aliphatic carbocycles. The second-order valence-electron chi connectivity index (χ2n) is 6.39. The molecule has 30 heavy (non-hydrogen) atoms. The summed E-state index contributed by atoms with van der Waals surface area (Å²) < 4.78 is 10.3. The Balaban J connectivity index is 1.95. The number of carbonyl (C=O) groups excluding carboxylic acids is 3. The van der Waals surface area contributed by atoms with Gasteiger partial charge in [-0.25, -0.2) is 14.5 Å². The van der Waals surface area contributed by atoms with Crippen LogP contribution < -0.4 is 19.7 Å². The van der Waals surface area contributed by atoms with Crippen LogP contribution in [0.2, 0.25) is 0 Å². The van der Waals surface area contributed by atoms with E-state index < -0.39 is 30.4 Å². The maximum absolute atomic E-state index is 12.9.